The fourth-order valence-corrected chi connectivity index (χ4v) is 4.08. The van der Waals surface area contributed by atoms with Gasteiger partial charge in [0.1, 0.15) is 5.82 Å². The summed E-state index contributed by atoms with van der Waals surface area (Å²) in [6.45, 7) is 0.362. The number of halogens is 1. The third-order valence-electron chi connectivity index (χ3n) is 4.84. The fraction of sp³-hybridized carbons (Fsp3) is 0.0435. The Kier molecular flexibility index (Phi) is 5.55. The van der Waals surface area contributed by atoms with Crippen molar-refractivity contribution in [3.05, 3.63) is 109 Å². The highest BCUT2D eigenvalue weighted by atomic mass is 31.2. The molecule has 2 N–H and O–H groups in total. The zero-order chi connectivity index (χ0) is 21.1. The van der Waals surface area contributed by atoms with Crippen LogP contribution in [0.5, 0.6) is 0 Å². The van der Waals surface area contributed by atoms with Crippen molar-refractivity contribution < 1.29 is 27.9 Å². The lowest BCUT2D eigenvalue weighted by molar-refractivity contribution is -0.688. The molecule has 2 heterocycles. The van der Waals surface area contributed by atoms with Crippen LogP contribution in [0.1, 0.15) is 5.56 Å². The first-order chi connectivity index (χ1) is 14.4. The van der Waals surface area contributed by atoms with Crippen molar-refractivity contribution in [2.24, 2.45) is 0 Å². The van der Waals surface area contributed by atoms with E-state index in [1.165, 1.54) is 18.2 Å². The second-order valence-corrected chi connectivity index (χ2v) is 8.47. The van der Waals surface area contributed by atoms with E-state index in [2.05, 4.69) is 0 Å². The molecule has 4 aromatic rings. The number of aromatic nitrogens is 2. The SMILES string of the molecule is O=P(O)(O)c1ccccc1C[n+]1ccc(-c2cc[n+](-c3ccc(F)cc3)cc2)cc1. The average molecular weight is 422 g/mol. The molecule has 0 atom stereocenters. The summed E-state index contributed by atoms with van der Waals surface area (Å²) in [4.78, 5) is 19.1. The molecule has 0 aliphatic rings. The minimum Gasteiger partial charge on any atom is -0.321 e. The Labute approximate surface area is 173 Å². The van der Waals surface area contributed by atoms with E-state index in [0.717, 1.165) is 16.8 Å². The van der Waals surface area contributed by atoms with Crippen LogP contribution in [-0.4, -0.2) is 9.79 Å². The van der Waals surface area contributed by atoms with Crippen LogP contribution in [0, 0.1) is 5.82 Å². The lowest BCUT2D eigenvalue weighted by Gasteiger charge is -2.08. The van der Waals surface area contributed by atoms with E-state index >= 15 is 0 Å². The molecule has 0 fully saturated rings. The second-order valence-electron chi connectivity index (χ2n) is 6.90. The zero-order valence-electron chi connectivity index (χ0n) is 16.0. The molecule has 0 saturated carbocycles. The Morgan fingerprint density at radius 2 is 1.33 bits per heavy atom. The largest absolute Gasteiger partial charge is 0.356 e. The Morgan fingerprint density at radius 3 is 1.93 bits per heavy atom. The minimum absolute atomic E-state index is 0.0509. The number of rotatable bonds is 5. The summed E-state index contributed by atoms with van der Waals surface area (Å²) in [6.07, 6.45) is 7.60. The molecule has 5 nitrogen and oxygen atoms in total. The molecule has 150 valence electrons. The first kappa shape index (κ1) is 20.1. The smallest absolute Gasteiger partial charge is 0.321 e. The van der Waals surface area contributed by atoms with Gasteiger partial charge in [0.05, 0.1) is 5.30 Å². The maximum atomic E-state index is 13.1. The second kappa shape index (κ2) is 8.28. The van der Waals surface area contributed by atoms with Crippen LogP contribution in [0.2, 0.25) is 0 Å². The summed E-state index contributed by atoms with van der Waals surface area (Å²) in [5, 5.41) is 0.0509. The molecule has 7 heteroatoms. The number of hydrogen-bond donors (Lipinski definition) is 2. The molecule has 0 spiro atoms. The van der Waals surface area contributed by atoms with E-state index in [9.17, 15) is 18.7 Å². The topological polar surface area (TPSA) is 65.3 Å². The van der Waals surface area contributed by atoms with Gasteiger partial charge < -0.3 is 9.79 Å². The predicted molar refractivity (Wildman–Crippen MR) is 111 cm³/mol. The van der Waals surface area contributed by atoms with E-state index in [0.29, 0.717) is 12.1 Å². The highest BCUT2D eigenvalue weighted by Crippen LogP contribution is 2.34. The monoisotopic (exact) mass is 422 g/mol. The summed E-state index contributed by atoms with van der Waals surface area (Å²) in [5.41, 5.74) is 3.50. The molecule has 0 radical (unpaired) electrons. The van der Waals surface area contributed by atoms with Gasteiger partial charge >= 0.3 is 7.60 Å². The number of pyridine rings is 2. The number of nitrogens with zero attached hydrogens (tertiary/aromatic N) is 2. The number of benzene rings is 2. The van der Waals surface area contributed by atoms with Crippen LogP contribution in [0.4, 0.5) is 4.39 Å². The van der Waals surface area contributed by atoms with Gasteiger partial charge in [-0.1, -0.05) is 18.2 Å². The van der Waals surface area contributed by atoms with E-state index in [4.69, 9.17) is 0 Å². The van der Waals surface area contributed by atoms with E-state index in [-0.39, 0.29) is 11.1 Å². The van der Waals surface area contributed by atoms with Crippen LogP contribution >= 0.6 is 7.60 Å². The summed E-state index contributed by atoms with van der Waals surface area (Å²) >= 11 is 0. The molecular formula is C23H20FN2O3P+2. The first-order valence-corrected chi connectivity index (χ1v) is 10.9. The van der Waals surface area contributed by atoms with Crippen LogP contribution in [0.3, 0.4) is 0 Å². The van der Waals surface area contributed by atoms with Gasteiger partial charge in [0.2, 0.25) is 5.69 Å². The molecule has 0 unspecified atom stereocenters. The first-order valence-electron chi connectivity index (χ1n) is 9.31. The minimum atomic E-state index is -4.32. The van der Waals surface area contributed by atoms with Gasteiger partial charge in [0.25, 0.3) is 0 Å². The van der Waals surface area contributed by atoms with Crippen LogP contribution in [-0.2, 0) is 11.1 Å². The molecule has 0 aliphatic heterocycles. The van der Waals surface area contributed by atoms with Gasteiger partial charge in [-0.2, -0.15) is 4.57 Å². The Hall–Kier alpha value is -3.18. The third kappa shape index (κ3) is 4.52. The van der Waals surface area contributed by atoms with Gasteiger partial charge in [-0.25, -0.2) is 8.96 Å². The number of hydrogen-bond acceptors (Lipinski definition) is 1. The molecular weight excluding hydrogens is 402 g/mol. The molecule has 0 amide bonds. The van der Waals surface area contributed by atoms with Gasteiger partial charge in [0, 0.05) is 42.0 Å². The van der Waals surface area contributed by atoms with Gasteiger partial charge in [-0.3, -0.25) is 4.57 Å². The van der Waals surface area contributed by atoms with Crippen LogP contribution in [0.15, 0.2) is 97.6 Å². The third-order valence-corrected chi connectivity index (χ3v) is 5.90. The van der Waals surface area contributed by atoms with Crippen molar-refractivity contribution >= 4 is 12.9 Å². The van der Waals surface area contributed by atoms with Crippen LogP contribution in [0.25, 0.3) is 16.8 Å². The zero-order valence-corrected chi connectivity index (χ0v) is 16.9. The molecule has 2 aromatic carbocycles. The molecule has 0 saturated heterocycles. The lowest BCUT2D eigenvalue weighted by atomic mass is 10.1. The van der Waals surface area contributed by atoms with Gasteiger partial charge in [0.15, 0.2) is 31.3 Å². The molecule has 0 bridgehead atoms. The quantitative estimate of drug-likeness (QED) is 0.384. The Morgan fingerprint density at radius 1 is 0.767 bits per heavy atom. The van der Waals surface area contributed by atoms with Gasteiger partial charge in [-0.05, 0) is 29.3 Å². The van der Waals surface area contributed by atoms with Crippen molar-refractivity contribution in [1.82, 2.24) is 0 Å². The highest BCUT2D eigenvalue weighted by Gasteiger charge is 2.22. The summed E-state index contributed by atoms with van der Waals surface area (Å²) in [6, 6.07) is 20.7. The van der Waals surface area contributed by atoms with Crippen molar-refractivity contribution in [2.75, 3.05) is 0 Å². The standard InChI is InChI=1S/C23H18FN2O3P/c24-21-5-7-22(8-6-21)26-15-11-19(12-16-26)18-9-13-25(14-10-18)17-20-3-1-2-4-23(20)30(27,28)29/h1-16H,17H2/p+2. The normalized spacial score (nSPS) is 11.4. The van der Waals surface area contributed by atoms with E-state index in [1.807, 2.05) is 58.2 Å². The Bertz CT molecular complexity index is 1200. The van der Waals surface area contributed by atoms with Crippen molar-refractivity contribution in [3.8, 4) is 16.8 Å². The highest BCUT2D eigenvalue weighted by molar-refractivity contribution is 7.60. The van der Waals surface area contributed by atoms with Crippen molar-refractivity contribution in [2.45, 2.75) is 6.54 Å². The van der Waals surface area contributed by atoms with E-state index in [1.54, 1.807) is 30.3 Å². The summed E-state index contributed by atoms with van der Waals surface area (Å²) in [5.74, 6) is -0.267. The van der Waals surface area contributed by atoms with E-state index < -0.39 is 7.60 Å². The molecule has 0 aliphatic carbocycles. The average Bonchev–Trinajstić information content (AvgIpc) is 2.75. The van der Waals surface area contributed by atoms with Gasteiger partial charge in [-0.15, -0.1) is 0 Å². The van der Waals surface area contributed by atoms with Crippen LogP contribution < -0.4 is 14.4 Å². The molecule has 30 heavy (non-hydrogen) atoms. The lowest BCUT2D eigenvalue weighted by Crippen LogP contribution is -2.35. The molecule has 4 rings (SSSR count). The maximum absolute atomic E-state index is 13.1. The summed E-state index contributed by atoms with van der Waals surface area (Å²) in [7, 11) is -4.32. The maximum Gasteiger partial charge on any atom is 0.356 e. The van der Waals surface area contributed by atoms with Crippen molar-refractivity contribution in [1.29, 1.82) is 0 Å². The van der Waals surface area contributed by atoms with Crippen molar-refractivity contribution in [3.63, 3.8) is 0 Å². The fourth-order valence-electron chi connectivity index (χ4n) is 3.28. The Balaban J connectivity index is 1.53. The predicted octanol–water partition coefficient (Wildman–Crippen LogP) is 2.91. The summed E-state index contributed by atoms with van der Waals surface area (Å²) < 4.78 is 28.6. The molecule has 2 aromatic heterocycles.